The molecule has 0 fully saturated rings. The van der Waals surface area contributed by atoms with E-state index in [1.54, 1.807) is 0 Å². The molecule has 1 aromatic heterocycles. The summed E-state index contributed by atoms with van der Waals surface area (Å²) in [5.74, 6) is 1.28. The highest BCUT2D eigenvalue weighted by atomic mass is 16.5. The first-order chi connectivity index (χ1) is 18.1. The SMILES string of the molecule is Cc1ccc2nc(-c3ccccc3)cc(C(=O)Nc3ccc(Oc4ccc5ccccc5c4)cc3)c2c1. The highest BCUT2D eigenvalue weighted by molar-refractivity contribution is 6.13. The minimum Gasteiger partial charge on any atom is -0.457 e. The Kier molecular flexibility index (Phi) is 5.83. The summed E-state index contributed by atoms with van der Waals surface area (Å²) in [6, 6.07) is 39.4. The Morgan fingerprint density at radius 2 is 1.43 bits per heavy atom. The van der Waals surface area contributed by atoms with E-state index in [2.05, 4.69) is 17.4 Å². The molecule has 1 N–H and O–H groups in total. The summed E-state index contributed by atoms with van der Waals surface area (Å²) in [5.41, 5.74) is 4.87. The molecule has 0 radical (unpaired) electrons. The van der Waals surface area contributed by atoms with E-state index in [0.29, 0.717) is 17.0 Å². The lowest BCUT2D eigenvalue weighted by molar-refractivity contribution is 0.102. The number of carbonyl (C=O) groups excluding carboxylic acids is 1. The number of rotatable bonds is 5. The number of pyridine rings is 1. The van der Waals surface area contributed by atoms with Gasteiger partial charge in [-0.25, -0.2) is 4.98 Å². The van der Waals surface area contributed by atoms with E-state index < -0.39 is 0 Å². The zero-order chi connectivity index (χ0) is 25.2. The van der Waals surface area contributed by atoms with E-state index in [9.17, 15) is 4.79 Å². The van der Waals surface area contributed by atoms with Crippen molar-refractivity contribution in [1.82, 2.24) is 4.98 Å². The highest BCUT2D eigenvalue weighted by Gasteiger charge is 2.15. The van der Waals surface area contributed by atoms with Crippen LogP contribution in [0.2, 0.25) is 0 Å². The van der Waals surface area contributed by atoms with E-state index in [4.69, 9.17) is 9.72 Å². The number of fused-ring (bicyclic) bond motifs is 2. The van der Waals surface area contributed by atoms with Crippen molar-refractivity contribution in [2.24, 2.45) is 0 Å². The fourth-order valence-electron chi connectivity index (χ4n) is 4.46. The molecule has 5 aromatic carbocycles. The molecular formula is C33H24N2O2. The van der Waals surface area contributed by atoms with Crippen LogP contribution in [0.1, 0.15) is 15.9 Å². The van der Waals surface area contributed by atoms with E-state index in [0.717, 1.165) is 38.9 Å². The Labute approximate surface area is 215 Å². The normalized spacial score (nSPS) is 10.9. The minimum atomic E-state index is -0.182. The van der Waals surface area contributed by atoms with Crippen molar-refractivity contribution in [1.29, 1.82) is 0 Å². The fourth-order valence-corrected chi connectivity index (χ4v) is 4.46. The van der Waals surface area contributed by atoms with Crippen molar-refractivity contribution in [2.45, 2.75) is 6.92 Å². The van der Waals surface area contributed by atoms with Gasteiger partial charge in [-0.2, -0.15) is 0 Å². The van der Waals surface area contributed by atoms with Crippen LogP contribution < -0.4 is 10.1 Å². The molecule has 0 saturated carbocycles. The maximum absolute atomic E-state index is 13.5. The molecule has 178 valence electrons. The topological polar surface area (TPSA) is 51.2 Å². The zero-order valence-corrected chi connectivity index (χ0v) is 20.3. The molecule has 0 aliphatic rings. The van der Waals surface area contributed by atoms with E-state index in [-0.39, 0.29) is 5.91 Å². The van der Waals surface area contributed by atoms with Gasteiger partial charge in [0.1, 0.15) is 11.5 Å². The fraction of sp³-hybridized carbons (Fsp3) is 0.0303. The summed E-state index contributed by atoms with van der Waals surface area (Å²) in [4.78, 5) is 18.3. The number of nitrogens with zero attached hydrogens (tertiary/aromatic N) is 1. The maximum atomic E-state index is 13.5. The van der Waals surface area contributed by atoms with Crippen LogP contribution in [0.15, 0.2) is 121 Å². The van der Waals surface area contributed by atoms with Crippen molar-refractivity contribution in [3.05, 3.63) is 132 Å². The van der Waals surface area contributed by atoms with Crippen LogP contribution in [0, 0.1) is 6.92 Å². The number of anilines is 1. The van der Waals surface area contributed by atoms with Crippen LogP contribution in [0.3, 0.4) is 0 Å². The second-order valence-electron chi connectivity index (χ2n) is 9.03. The molecule has 0 aliphatic heterocycles. The number of carbonyl (C=O) groups is 1. The first-order valence-corrected chi connectivity index (χ1v) is 12.2. The molecule has 37 heavy (non-hydrogen) atoms. The largest absolute Gasteiger partial charge is 0.457 e. The Bertz CT molecular complexity index is 1740. The lowest BCUT2D eigenvalue weighted by Crippen LogP contribution is -2.13. The van der Waals surface area contributed by atoms with Gasteiger partial charge in [0.15, 0.2) is 0 Å². The molecule has 6 rings (SSSR count). The summed E-state index contributed by atoms with van der Waals surface area (Å²) in [7, 11) is 0. The predicted molar refractivity (Wildman–Crippen MR) is 150 cm³/mol. The number of ether oxygens (including phenoxy) is 1. The number of nitrogens with one attached hydrogen (secondary N) is 1. The molecule has 4 heteroatoms. The monoisotopic (exact) mass is 480 g/mol. The van der Waals surface area contributed by atoms with Gasteiger partial charge in [-0.1, -0.05) is 72.3 Å². The van der Waals surface area contributed by atoms with Gasteiger partial charge in [0.25, 0.3) is 5.91 Å². The van der Waals surface area contributed by atoms with Crippen LogP contribution in [0.5, 0.6) is 11.5 Å². The highest BCUT2D eigenvalue weighted by Crippen LogP contribution is 2.29. The third-order valence-corrected chi connectivity index (χ3v) is 6.35. The van der Waals surface area contributed by atoms with Gasteiger partial charge in [-0.15, -0.1) is 0 Å². The summed E-state index contributed by atoms with van der Waals surface area (Å²) in [6.45, 7) is 2.01. The van der Waals surface area contributed by atoms with Crippen LogP contribution in [0.4, 0.5) is 5.69 Å². The first kappa shape index (κ1) is 22.5. The molecule has 0 unspecified atom stereocenters. The standard InChI is InChI=1S/C33H24N2O2/c1-22-11-18-31-29(19-22)30(21-32(35-31)24-8-3-2-4-9-24)33(36)34-26-13-16-27(17-14-26)37-28-15-12-23-7-5-6-10-25(23)20-28/h2-21H,1H3,(H,34,36). The third-order valence-electron chi connectivity index (χ3n) is 6.35. The molecule has 1 amide bonds. The Morgan fingerprint density at radius 1 is 0.703 bits per heavy atom. The van der Waals surface area contributed by atoms with Gasteiger partial charge >= 0.3 is 0 Å². The van der Waals surface area contributed by atoms with Crippen LogP contribution in [0.25, 0.3) is 32.9 Å². The van der Waals surface area contributed by atoms with E-state index in [1.807, 2.05) is 116 Å². The van der Waals surface area contributed by atoms with Gasteiger partial charge in [-0.05, 0) is 72.3 Å². The Morgan fingerprint density at radius 3 is 2.24 bits per heavy atom. The number of aryl methyl sites for hydroxylation is 1. The summed E-state index contributed by atoms with van der Waals surface area (Å²) < 4.78 is 6.05. The number of amides is 1. The third kappa shape index (κ3) is 4.78. The maximum Gasteiger partial charge on any atom is 0.256 e. The number of aromatic nitrogens is 1. The van der Waals surface area contributed by atoms with Gasteiger partial charge in [0.2, 0.25) is 0 Å². The number of hydrogen-bond donors (Lipinski definition) is 1. The van der Waals surface area contributed by atoms with Crippen molar-refractivity contribution in [3.63, 3.8) is 0 Å². The molecule has 0 saturated heterocycles. The lowest BCUT2D eigenvalue weighted by Gasteiger charge is -2.12. The molecule has 0 atom stereocenters. The molecular weight excluding hydrogens is 456 g/mol. The summed E-state index contributed by atoms with van der Waals surface area (Å²) in [6.07, 6.45) is 0. The molecule has 6 aromatic rings. The molecule has 0 bridgehead atoms. The van der Waals surface area contributed by atoms with Crippen LogP contribution in [-0.4, -0.2) is 10.9 Å². The zero-order valence-electron chi connectivity index (χ0n) is 20.3. The summed E-state index contributed by atoms with van der Waals surface area (Å²) >= 11 is 0. The van der Waals surface area contributed by atoms with Crippen LogP contribution in [-0.2, 0) is 0 Å². The van der Waals surface area contributed by atoms with Crippen molar-refractivity contribution in [2.75, 3.05) is 5.32 Å². The van der Waals surface area contributed by atoms with Gasteiger partial charge in [0, 0.05) is 16.6 Å². The molecule has 4 nitrogen and oxygen atoms in total. The van der Waals surface area contributed by atoms with Crippen molar-refractivity contribution < 1.29 is 9.53 Å². The Balaban J connectivity index is 1.26. The van der Waals surface area contributed by atoms with Gasteiger partial charge in [0.05, 0.1) is 16.8 Å². The second kappa shape index (κ2) is 9.59. The predicted octanol–water partition coefficient (Wildman–Crippen LogP) is 8.41. The molecule has 0 aliphatic carbocycles. The number of benzene rings is 5. The van der Waals surface area contributed by atoms with Crippen LogP contribution >= 0.6 is 0 Å². The Hall–Kier alpha value is -4.96. The van der Waals surface area contributed by atoms with Crippen molar-refractivity contribution in [3.8, 4) is 22.8 Å². The van der Waals surface area contributed by atoms with Crippen molar-refractivity contribution >= 4 is 33.3 Å². The van der Waals surface area contributed by atoms with E-state index in [1.165, 1.54) is 5.39 Å². The second-order valence-corrected chi connectivity index (χ2v) is 9.03. The van der Waals surface area contributed by atoms with Gasteiger partial charge < -0.3 is 10.1 Å². The molecule has 0 spiro atoms. The first-order valence-electron chi connectivity index (χ1n) is 12.2. The lowest BCUT2D eigenvalue weighted by atomic mass is 10.0. The smallest absolute Gasteiger partial charge is 0.256 e. The summed E-state index contributed by atoms with van der Waals surface area (Å²) in [5, 5.41) is 6.16. The van der Waals surface area contributed by atoms with E-state index >= 15 is 0 Å². The quantitative estimate of drug-likeness (QED) is 0.269. The minimum absolute atomic E-state index is 0.182. The average Bonchev–Trinajstić information content (AvgIpc) is 2.94. The van der Waals surface area contributed by atoms with Gasteiger partial charge in [-0.3, -0.25) is 4.79 Å². The average molecular weight is 481 g/mol. The number of hydrogen-bond acceptors (Lipinski definition) is 3. The molecule has 1 heterocycles.